The van der Waals surface area contributed by atoms with E-state index in [1.165, 1.54) is 18.4 Å². The third-order valence-electron chi connectivity index (χ3n) is 5.71. The van der Waals surface area contributed by atoms with Crippen LogP contribution in [0.15, 0.2) is 18.2 Å². The number of carbonyl (C=O) groups is 1. The number of amides is 2. The van der Waals surface area contributed by atoms with Crippen molar-refractivity contribution in [3.8, 4) is 0 Å². The fourth-order valence-corrected chi connectivity index (χ4v) is 4.06. The monoisotopic (exact) mass is 333 g/mol. The van der Waals surface area contributed by atoms with E-state index in [2.05, 4.69) is 10.2 Å². The van der Waals surface area contributed by atoms with Gasteiger partial charge in [0.15, 0.2) is 0 Å². The van der Waals surface area contributed by atoms with Crippen molar-refractivity contribution in [3.63, 3.8) is 0 Å². The van der Waals surface area contributed by atoms with Gasteiger partial charge in [0, 0.05) is 26.7 Å². The maximum Gasteiger partial charge on any atom is 0.317 e. The van der Waals surface area contributed by atoms with Crippen molar-refractivity contribution in [2.45, 2.75) is 45.2 Å². The van der Waals surface area contributed by atoms with E-state index in [0.29, 0.717) is 11.5 Å². The molecule has 1 N–H and O–H groups in total. The van der Waals surface area contributed by atoms with Gasteiger partial charge >= 0.3 is 6.03 Å². The van der Waals surface area contributed by atoms with Crippen LogP contribution in [0.4, 0.5) is 9.18 Å². The molecule has 1 heterocycles. The molecule has 1 aromatic carbocycles. The van der Waals surface area contributed by atoms with Crippen LogP contribution in [0.2, 0.25) is 0 Å². The molecule has 0 bridgehead atoms. The van der Waals surface area contributed by atoms with E-state index >= 15 is 0 Å². The Labute approximate surface area is 144 Å². The van der Waals surface area contributed by atoms with Crippen LogP contribution in [0, 0.1) is 18.2 Å². The van der Waals surface area contributed by atoms with Crippen LogP contribution in [0.25, 0.3) is 0 Å². The molecule has 1 aliphatic carbocycles. The summed E-state index contributed by atoms with van der Waals surface area (Å²) in [5, 5.41) is 3.09. The van der Waals surface area contributed by atoms with E-state index < -0.39 is 0 Å². The first kappa shape index (κ1) is 17.2. The molecule has 24 heavy (non-hydrogen) atoms. The number of hydrogen-bond donors (Lipinski definition) is 1. The first-order chi connectivity index (χ1) is 11.4. The molecule has 1 saturated carbocycles. The molecule has 1 aliphatic heterocycles. The Morgan fingerprint density at radius 1 is 1.33 bits per heavy atom. The van der Waals surface area contributed by atoms with Crippen molar-refractivity contribution in [3.05, 3.63) is 35.1 Å². The van der Waals surface area contributed by atoms with Crippen LogP contribution in [0.1, 0.15) is 36.8 Å². The predicted octanol–water partition coefficient (Wildman–Crippen LogP) is 3.15. The van der Waals surface area contributed by atoms with Gasteiger partial charge in [-0.15, -0.1) is 0 Å². The number of nitrogens with one attached hydrogen (secondary N) is 1. The number of nitrogens with zero attached hydrogens (tertiary/aromatic N) is 2. The molecule has 132 valence electrons. The van der Waals surface area contributed by atoms with Crippen LogP contribution in [0.5, 0.6) is 0 Å². The van der Waals surface area contributed by atoms with E-state index in [9.17, 15) is 9.18 Å². The molecule has 1 spiro atoms. The molecule has 1 saturated heterocycles. The zero-order valence-corrected chi connectivity index (χ0v) is 14.9. The van der Waals surface area contributed by atoms with Gasteiger partial charge in [-0.3, -0.25) is 4.90 Å². The summed E-state index contributed by atoms with van der Waals surface area (Å²) in [5.74, 6) is -0.158. The summed E-state index contributed by atoms with van der Waals surface area (Å²) < 4.78 is 13.2. The highest BCUT2D eigenvalue weighted by Crippen LogP contribution is 2.49. The fourth-order valence-electron chi connectivity index (χ4n) is 4.06. The van der Waals surface area contributed by atoms with Crippen molar-refractivity contribution in [1.29, 1.82) is 0 Å². The van der Waals surface area contributed by atoms with E-state index in [1.54, 1.807) is 31.1 Å². The Kier molecular flexibility index (Phi) is 4.81. The van der Waals surface area contributed by atoms with Gasteiger partial charge in [-0.05, 0) is 74.4 Å². The molecule has 0 radical (unpaired) electrons. The summed E-state index contributed by atoms with van der Waals surface area (Å²) in [6.07, 6.45) is 4.61. The molecule has 0 unspecified atom stereocenters. The van der Waals surface area contributed by atoms with Crippen molar-refractivity contribution in [1.82, 2.24) is 15.1 Å². The molecule has 0 atom stereocenters. The van der Waals surface area contributed by atoms with E-state index in [-0.39, 0.29) is 11.8 Å². The molecular formula is C19H28FN3O. The first-order valence-corrected chi connectivity index (χ1v) is 8.82. The Morgan fingerprint density at radius 3 is 2.58 bits per heavy atom. The maximum atomic E-state index is 13.2. The van der Waals surface area contributed by atoms with Crippen LogP contribution < -0.4 is 5.32 Å². The molecule has 2 aliphatic rings. The summed E-state index contributed by atoms with van der Waals surface area (Å²) in [4.78, 5) is 15.8. The Hall–Kier alpha value is -1.62. The van der Waals surface area contributed by atoms with Gasteiger partial charge in [0.05, 0.1) is 0 Å². The smallest absolute Gasteiger partial charge is 0.317 e. The summed E-state index contributed by atoms with van der Waals surface area (Å²) >= 11 is 0. The number of likely N-dealkylation sites (tertiary alicyclic amines) is 1. The summed E-state index contributed by atoms with van der Waals surface area (Å²) in [7, 11) is 3.55. The van der Waals surface area contributed by atoms with Gasteiger partial charge in [-0.2, -0.15) is 0 Å². The van der Waals surface area contributed by atoms with Crippen LogP contribution >= 0.6 is 0 Å². The topological polar surface area (TPSA) is 35.6 Å². The van der Waals surface area contributed by atoms with Crippen molar-refractivity contribution < 1.29 is 9.18 Å². The number of benzene rings is 1. The third-order valence-corrected chi connectivity index (χ3v) is 5.71. The summed E-state index contributed by atoms with van der Waals surface area (Å²) in [6, 6.07) is 5.43. The zero-order chi connectivity index (χ0) is 17.3. The number of hydrogen-bond acceptors (Lipinski definition) is 2. The van der Waals surface area contributed by atoms with E-state index in [4.69, 9.17) is 0 Å². The van der Waals surface area contributed by atoms with Gasteiger partial charge in [-0.1, -0.05) is 6.07 Å². The lowest BCUT2D eigenvalue weighted by Gasteiger charge is -2.52. The molecule has 0 aromatic heterocycles. The standard InChI is InChI=1S/C19H28FN3O/c1-14-10-16(20)5-4-15(14)13-23-8-6-19(7-9-23)11-17(12-19)21-18(24)22(2)3/h4-5,10,17H,6-9,11-13H2,1-3H3,(H,21,24). The second-order valence-corrected chi connectivity index (χ2v) is 7.80. The number of rotatable bonds is 3. The number of aryl methyl sites for hydroxylation is 1. The molecule has 2 amide bonds. The van der Waals surface area contributed by atoms with E-state index in [0.717, 1.165) is 38.0 Å². The highest BCUT2D eigenvalue weighted by atomic mass is 19.1. The second-order valence-electron chi connectivity index (χ2n) is 7.80. The Balaban J connectivity index is 1.46. The van der Waals surface area contributed by atoms with Gasteiger partial charge in [0.2, 0.25) is 0 Å². The third kappa shape index (κ3) is 3.72. The highest BCUT2D eigenvalue weighted by molar-refractivity contribution is 5.74. The van der Waals surface area contributed by atoms with Crippen LogP contribution in [-0.2, 0) is 6.54 Å². The molecule has 5 heteroatoms. The van der Waals surface area contributed by atoms with Gasteiger partial charge in [0.25, 0.3) is 0 Å². The molecule has 1 aromatic rings. The first-order valence-electron chi connectivity index (χ1n) is 8.82. The molecule has 2 fully saturated rings. The van der Waals surface area contributed by atoms with E-state index in [1.807, 2.05) is 13.0 Å². The van der Waals surface area contributed by atoms with Crippen LogP contribution in [-0.4, -0.2) is 49.1 Å². The Morgan fingerprint density at radius 2 is 2.00 bits per heavy atom. The summed E-state index contributed by atoms with van der Waals surface area (Å²) in [5.41, 5.74) is 2.68. The zero-order valence-electron chi connectivity index (χ0n) is 14.9. The predicted molar refractivity (Wildman–Crippen MR) is 93.3 cm³/mol. The van der Waals surface area contributed by atoms with Crippen molar-refractivity contribution in [2.24, 2.45) is 5.41 Å². The number of halogens is 1. The lowest BCUT2D eigenvalue weighted by Crippen LogP contribution is -2.56. The fraction of sp³-hybridized carbons (Fsp3) is 0.632. The largest absolute Gasteiger partial charge is 0.335 e. The molecule has 3 rings (SSSR count). The molecule has 4 nitrogen and oxygen atoms in total. The van der Waals surface area contributed by atoms with Gasteiger partial charge in [0.1, 0.15) is 5.82 Å². The van der Waals surface area contributed by atoms with Crippen molar-refractivity contribution in [2.75, 3.05) is 27.2 Å². The number of urea groups is 1. The average Bonchev–Trinajstić information content (AvgIpc) is 2.50. The van der Waals surface area contributed by atoms with Gasteiger partial charge < -0.3 is 10.2 Å². The normalized spacial score (nSPS) is 20.7. The molecular weight excluding hydrogens is 305 g/mol. The quantitative estimate of drug-likeness (QED) is 0.922. The lowest BCUT2D eigenvalue weighted by molar-refractivity contribution is 0.00632. The number of piperidine rings is 1. The highest BCUT2D eigenvalue weighted by Gasteiger charge is 2.46. The second kappa shape index (κ2) is 6.71. The lowest BCUT2D eigenvalue weighted by atomic mass is 9.60. The summed E-state index contributed by atoms with van der Waals surface area (Å²) in [6.45, 7) is 5.06. The minimum atomic E-state index is -0.158. The Bertz CT molecular complexity index is 601. The van der Waals surface area contributed by atoms with Gasteiger partial charge in [-0.25, -0.2) is 9.18 Å². The minimum absolute atomic E-state index is 0.0130. The SMILES string of the molecule is Cc1cc(F)ccc1CN1CCC2(CC1)CC(NC(=O)N(C)C)C2. The minimum Gasteiger partial charge on any atom is -0.335 e. The van der Waals surface area contributed by atoms with Crippen molar-refractivity contribution >= 4 is 6.03 Å². The number of carbonyl (C=O) groups excluding carboxylic acids is 1. The average molecular weight is 333 g/mol. The maximum absolute atomic E-state index is 13.2. The van der Waals surface area contributed by atoms with Crippen LogP contribution in [0.3, 0.4) is 0 Å².